The molecule has 1 spiro atoms. The van der Waals surface area contributed by atoms with E-state index in [1.165, 1.54) is 6.42 Å². The molecule has 1 heterocycles. The highest BCUT2D eigenvalue weighted by Crippen LogP contribution is 2.73. The molecule has 5 rings (SSSR count). The molecule has 0 N–H and O–H groups in total. The normalized spacial score (nSPS) is 51.2. The smallest absolute Gasteiger partial charge is 0.380 e. The molecule has 164 valence electrons. The average Bonchev–Trinajstić information content (AvgIpc) is 3.20. The third-order valence-electron chi connectivity index (χ3n) is 9.32. The van der Waals surface area contributed by atoms with Crippen molar-refractivity contribution in [3.05, 3.63) is 11.8 Å². The first-order chi connectivity index (χ1) is 13.3. The maximum atomic E-state index is 12.9. The summed E-state index contributed by atoms with van der Waals surface area (Å²) < 4.78 is 72.9. The molecule has 1 saturated heterocycles. The van der Waals surface area contributed by atoms with Gasteiger partial charge in [0.25, 0.3) is 0 Å². The highest BCUT2D eigenvalue weighted by Gasteiger charge is 2.75. The SMILES string of the molecule is C[C@H]1CC[C@]2(C)[C@H]3CC[C@]4(C)C(OS(=O)(=O)C(F)(F)F)=CC[C@H]4[C@@H]3CC3O[C@@]32C1. The van der Waals surface area contributed by atoms with E-state index >= 15 is 0 Å². The molecule has 5 aliphatic rings. The summed E-state index contributed by atoms with van der Waals surface area (Å²) in [5, 5.41) is 0. The Morgan fingerprint density at radius 2 is 1.90 bits per heavy atom. The molecule has 0 amide bonds. The number of rotatable bonds is 2. The number of halogens is 3. The summed E-state index contributed by atoms with van der Waals surface area (Å²) in [5.41, 5.74) is -5.97. The van der Waals surface area contributed by atoms with Crippen LogP contribution in [-0.2, 0) is 19.0 Å². The van der Waals surface area contributed by atoms with Crippen LogP contribution in [-0.4, -0.2) is 25.6 Å². The summed E-state index contributed by atoms with van der Waals surface area (Å²) in [6.45, 7) is 6.55. The predicted octanol–water partition coefficient (Wildman–Crippen LogP) is 5.16. The molecule has 0 aromatic carbocycles. The van der Waals surface area contributed by atoms with Crippen LogP contribution in [0.1, 0.15) is 65.7 Å². The summed E-state index contributed by atoms with van der Waals surface area (Å²) in [4.78, 5) is 0. The number of allylic oxidation sites excluding steroid dienone is 2. The van der Waals surface area contributed by atoms with Crippen LogP contribution in [0.15, 0.2) is 11.8 Å². The Morgan fingerprint density at radius 1 is 1.17 bits per heavy atom. The molecule has 0 radical (unpaired) electrons. The average molecular weight is 435 g/mol. The van der Waals surface area contributed by atoms with E-state index in [1.54, 1.807) is 6.08 Å². The van der Waals surface area contributed by atoms with E-state index in [0.29, 0.717) is 30.6 Å². The first-order valence-electron chi connectivity index (χ1n) is 10.7. The number of hydrogen-bond acceptors (Lipinski definition) is 4. The van der Waals surface area contributed by atoms with Crippen molar-refractivity contribution < 1.29 is 30.5 Å². The van der Waals surface area contributed by atoms with Gasteiger partial charge in [0.1, 0.15) is 11.4 Å². The molecule has 0 bridgehead atoms. The molecule has 4 fully saturated rings. The number of ether oxygens (including phenoxy) is 1. The maximum absolute atomic E-state index is 12.9. The molecule has 3 saturated carbocycles. The van der Waals surface area contributed by atoms with Gasteiger partial charge in [0.05, 0.1) is 6.10 Å². The summed E-state index contributed by atoms with van der Waals surface area (Å²) in [5.74, 6) is 1.57. The van der Waals surface area contributed by atoms with Gasteiger partial charge in [-0.15, -0.1) is 0 Å². The van der Waals surface area contributed by atoms with E-state index in [1.807, 2.05) is 6.92 Å². The van der Waals surface area contributed by atoms with Crippen LogP contribution < -0.4 is 0 Å². The molecule has 0 aromatic heterocycles. The Balaban J connectivity index is 1.42. The lowest BCUT2D eigenvalue weighted by atomic mass is 9.44. The quantitative estimate of drug-likeness (QED) is 0.342. The van der Waals surface area contributed by atoms with Gasteiger partial charge in [-0.1, -0.05) is 20.8 Å². The minimum absolute atomic E-state index is 0.00533. The zero-order valence-corrected chi connectivity index (χ0v) is 17.9. The molecule has 1 unspecified atom stereocenters. The predicted molar refractivity (Wildman–Crippen MR) is 99.9 cm³/mol. The topological polar surface area (TPSA) is 55.9 Å². The van der Waals surface area contributed by atoms with Gasteiger partial charge in [0.15, 0.2) is 0 Å². The minimum atomic E-state index is -5.63. The van der Waals surface area contributed by atoms with Crippen molar-refractivity contribution in [3.63, 3.8) is 0 Å². The lowest BCUT2D eigenvalue weighted by molar-refractivity contribution is -0.0967. The number of fused-ring (bicyclic) bond motifs is 4. The van der Waals surface area contributed by atoms with Gasteiger partial charge >= 0.3 is 15.6 Å². The minimum Gasteiger partial charge on any atom is -0.380 e. The summed E-state index contributed by atoms with van der Waals surface area (Å²) in [6.07, 6.45) is 8.31. The van der Waals surface area contributed by atoms with Gasteiger partial charge in [-0.25, -0.2) is 0 Å². The van der Waals surface area contributed by atoms with Crippen molar-refractivity contribution in [1.29, 1.82) is 0 Å². The van der Waals surface area contributed by atoms with Gasteiger partial charge in [0.2, 0.25) is 0 Å². The fourth-order valence-corrected chi connectivity index (χ4v) is 8.32. The van der Waals surface area contributed by atoms with Crippen molar-refractivity contribution in [1.82, 2.24) is 0 Å². The van der Waals surface area contributed by atoms with Crippen LogP contribution in [0.4, 0.5) is 13.2 Å². The molecule has 0 aromatic rings. The second-order valence-electron chi connectivity index (χ2n) is 10.6. The van der Waals surface area contributed by atoms with Gasteiger partial charge in [0, 0.05) is 10.8 Å². The summed E-state index contributed by atoms with van der Waals surface area (Å²) in [7, 11) is -5.63. The van der Waals surface area contributed by atoms with Crippen LogP contribution in [0.5, 0.6) is 0 Å². The van der Waals surface area contributed by atoms with Gasteiger partial charge in [-0.05, 0) is 74.7 Å². The third kappa shape index (κ3) is 2.50. The van der Waals surface area contributed by atoms with E-state index < -0.39 is 21.0 Å². The number of epoxide rings is 1. The number of hydrogen-bond donors (Lipinski definition) is 0. The fraction of sp³-hybridized carbons (Fsp3) is 0.905. The molecular weight excluding hydrogens is 405 g/mol. The Labute approximate surface area is 170 Å². The van der Waals surface area contributed by atoms with E-state index in [4.69, 9.17) is 4.74 Å². The van der Waals surface area contributed by atoms with Crippen LogP contribution in [0.2, 0.25) is 0 Å². The van der Waals surface area contributed by atoms with E-state index in [9.17, 15) is 21.6 Å². The first kappa shape index (κ1) is 20.2. The third-order valence-corrected chi connectivity index (χ3v) is 10.3. The standard InChI is InChI=1S/C21H29F3O4S/c1-12-6-9-19(3)15-7-8-18(2)14(13(15)10-17-20(19,11-12)27-17)4-5-16(18)28-29(25,26)21(22,23)24/h5,12-15,17H,4,6-11H2,1-3H3/t12-,13-,14-,15-,17?,18-,19+,20-/m0/s1. The monoisotopic (exact) mass is 434 g/mol. The highest BCUT2D eigenvalue weighted by atomic mass is 32.2. The Kier molecular flexibility index (Phi) is 3.98. The van der Waals surface area contributed by atoms with E-state index in [0.717, 1.165) is 25.7 Å². The van der Waals surface area contributed by atoms with Crippen LogP contribution in [0.25, 0.3) is 0 Å². The van der Waals surface area contributed by atoms with Crippen molar-refractivity contribution in [2.24, 2.45) is 34.5 Å². The molecule has 8 atom stereocenters. The Hall–Kier alpha value is -0.760. The number of alkyl halides is 3. The van der Waals surface area contributed by atoms with Crippen LogP contribution in [0.3, 0.4) is 0 Å². The molecule has 4 aliphatic carbocycles. The highest BCUT2D eigenvalue weighted by molar-refractivity contribution is 7.87. The second-order valence-corrected chi connectivity index (χ2v) is 12.2. The second kappa shape index (κ2) is 5.72. The summed E-state index contributed by atoms with van der Waals surface area (Å²) in [6, 6.07) is 0. The first-order valence-corrected chi connectivity index (χ1v) is 12.1. The van der Waals surface area contributed by atoms with Crippen molar-refractivity contribution >= 4 is 10.1 Å². The van der Waals surface area contributed by atoms with Crippen LogP contribution in [0, 0.1) is 34.5 Å². The zero-order valence-electron chi connectivity index (χ0n) is 17.1. The van der Waals surface area contributed by atoms with Gasteiger partial charge in [-0.2, -0.15) is 21.6 Å². The molecule has 8 heteroatoms. The van der Waals surface area contributed by atoms with Gasteiger partial charge in [-0.3, -0.25) is 0 Å². The Morgan fingerprint density at radius 3 is 2.59 bits per heavy atom. The lowest BCUT2D eigenvalue weighted by Gasteiger charge is -2.58. The maximum Gasteiger partial charge on any atom is 0.534 e. The molecule has 29 heavy (non-hydrogen) atoms. The zero-order chi connectivity index (χ0) is 21.0. The lowest BCUT2D eigenvalue weighted by Crippen LogP contribution is -2.57. The largest absolute Gasteiger partial charge is 0.534 e. The summed E-state index contributed by atoms with van der Waals surface area (Å²) >= 11 is 0. The van der Waals surface area contributed by atoms with Crippen molar-refractivity contribution in [3.8, 4) is 0 Å². The fourth-order valence-electron chi connectivity index (χ4n) is 7.73. The van der Waals surface area contributed by atoms with E-state index in [-0.39, 0.29) is 28.8 Å². The van der Waals surface area contributed by atoms with E-state index in [2.05, 4.69) is 18.0 Å². The molecule has 1 aliphatic heterocycles. The molecular formula is C21H29F3O4S. The van der Waals surface area contributed by atoms with Gasteiger partial charge < -0.3 is 8.92 Å². The Bertz CT molecular complexity index is 868. The van der Waals surface area contributed by atoms with Crippen molar-refractivity contribution in [2.75, 3.05) is 0 Å². The van der Waals surface area contributed by atoms with Crippen molar-refractivity contribution in [2.45, 2.75) is 82.9 Å². The molecule has 4 nitrogen and oxygen atoms in total. The van der Waals surface area contributed by atoms with Crippen LogP contribution >= 0.6 is 0 Å².